The second-order valence-corrected chi connectivity index (χ2v) is 6.92. The Balaban J connectivity index is 1.41. The van der Waals surface area contributed by atoms with E-state index in [1.165, 1.54) is 5.69 Å². The van der Waals surface area contributed by atoms with E-state index in [0.717, 1.165) is 61.2 Å². The fraction of sp³-hybridized carbons (Fsp3) is 0.316. The summed E-state index contributed by atoms with van der Waals surface area (Å²) in [5, 5.41) is 2.95. The van der Waals surface area contributed by atoms with E-state index in [1.807, 2.05) is 18.2 Å². The van der Waals surface area contributed by atoms with Crippen LogP contribution in [0, 0.1) is 0 Å². The summed E-state index contributed by atoms with van der Waals surface area (Å²) in [5.41, 5.74) is 4.16. The van der Waals surface area contributed by atoms with Gasteiger partial charge in [-0.1, -0.05) is 6.92 Å². The molecule has 7 heteroatoms. The van der Waals surface area contributed by atoms with Gasteiger partial charge in [-0.15, -0.1) is 0 Å². The fourth-order valence-corrected chi connectivity index (χ4v) is 3.72. The van der Waals surface area contributed by atoms with Crippen molar-refractivity contribution in [2.75, 3.05) is 42.9 Å². The van der Waals surface area contributed by atoms with Gasteiger partial charge in [-0.05, 0) is 49.0 Å². The Hall–Kier alpha value is -2.51. The largest absolute Gasteiger partial charge is 0.369 e. The summed E-state index contributed by atoms with van der Waals surface area (Å²) >= 11 is 1.15. The average molecular weight is 367 g/mol. The van der Waals surface area contributed by atoms with Gasteiger partial charge in [-0.2, -0.15) is 8.75 Å². The molecule has 0 saturated carbocycles. The number of hydrogen-bond acceptors (Lipinski definition) is 6. The van der Waals surface area contributed by atoms with E-state index in [1.54, 1.807) is 12.1 Å². The van der Waals surface area contributed by atoms with Crippen LogP contribution in [0.25, 0.3) is 11.0 Å². The maximum absolute atomic E-state index is 12.5. The second kappa shape index (κ2) is 7.39. The van der Waals surface area contributed by atoms with Crippen LogP contribution in [-0.2, 0) is 0 Å². The molecule has 1 N–H and O–H groups in total. The number of carbonyl (C=O) groups is 1. The lowest BCUT2D eigenvalue weighted by Gasteiger charge is -2.35. The molecule has 1 aliphatic rings. The summed E-state index contributed by atoms with van der Waals surface area (Å²) in [7, 11) is 0. The molecule has 4 rings (SSSR count). The third-order valence-corrected chi connectivity index (χ3v) is 5.38. The maximum atomic E-state index is 12.5. The minimum atomic E-state index is -0.135. The molecule has 6 nitrogen and oxygen atoms in total. The van der Waals surface area contributed by atoms with E-state index < -0.39 is 0 Å². The average Bonchev–Trinajstić information content (AvgIpc) is 3.16. The number of amides is 1. The van der Waals surface area contributed by atoms with Gasteiger partial charge in [0.05, 0.1) is 11.7 Å². The molecule has 0 radical (unpaired) electrons. The lowest BCUT2D eigenvalue weighted by Crippen LogP contribution is -2.46. The third kappa shape index (κ3) is 3.54. The molecule has 0 aliphatic carbocycles. The number of rotatable bonds is 4. The predicted molar refractivity (Wildman–Crippen MR) is 106 cm³/mol. The molecule has 26 heavy (non-hydrogen) atoms. The van der Waals surface area contributed by atoms with Gasteiger partial charge in [0.1, 0.15) is 11.0 Å². The highest BCUT2D eigenvalue weighted by molar-refractivity contribution is 7.00. The minimum Gasteiger partial charge on any atom is -0.369 e. The first kappa shape index (κ1) is 16.9. The zero-order valence-electron chi connectivity index (χ0n) is 14.7. The summed E-state index contributed by atoms with van der Waals surface area (Å²) < 4.78 is 8.34. The number of likely N-dealkylation sites (N-methyl/N-ethyl adjacent to an activating group) is 1. The summed E-state index contributed by atoms with van der Waals surface area (Å²) in [4.78, 5) is 17.3. The Morgan fingerprint density at radius 2 is 1.77 bits per heavy atom. The van der Waals surface area contributed by atoms with Crippen molar-refractivity contribution in [3.05, 3.63) is 48.0 Å². The van der Waals surface area contributed by atoms with E-state index >= 15 is 0 Å². The van der Waals surface area contributed by atoms with Gasteiger partial charge in [0.25, 0.3) is 5.91 Å². The number of aromatic nitrogens is 2. The highest BCUT2D eigenvalue weighted by Gasteiger charge is 2.16. The maximum Gasteiger partial charge on any atom is 0.255 e. The molecule has 1 amide bonds. The number of fused-ring (bicyclic) bond motifs is 1. The van der Waals surface area contributed by atoms with Gasteiger partial charge in [-0.25, -0.2) is 0 Å². The Morgan fingerprint density at radius 3 is 2.50 bits per heavy atom. The van der Waals surface area contributed by atoms with E-state index in [2.05, 4.69) is 42.9 Å². The van der Waals surface area contributed by atoms with Crippen molar-refractivity contribution < 1.29 is 4.79 Å². The Morgan fingerprint density at radius 1 is 1.04 bits per heavy atom. The van der Waals surface area contributed by atoms with Crippen molar-refractivity contribution in [3.8, 4) is 0 Å². The molecule has 1 aliphatic heterocycles. The number of nitrogens with one attached hydrogen (secondary N) is 1. The minimum absolute atomic E-state index is 0.135. The van der Waals surface area contributed by atoms with Crippen LogP contribution in [0.5, 0.6) is 0 Å². The first-order valence-electron chi connectivity index (χ1n) is 8.84. The van der Waals surface area contributed by atoms with Crippen molar-refractivity contribution in [1.29, 1.82) is 0 Å². The molecular formula is C19H21N5OS. The van der Waals surface area contributed by atoms with E-state index in [9.17, 15) is 4.79 Å². The molecule has 0 unspecified atom stereocenters. The van der Waals surface area contributed by atoms with Crippen LogP contribution in [-0.4, -0.2) is 52.3 Å². The second-order valence-electron chi connectivity index (χ2n) is 6.39. The van der Waals surface area contributed by atoms with Crippen LogP contribution < -0.4 is 10.2 Å². The summed E-state index contributed by atoms with van der Waals surface area (Å²) in [5.74, 6) is -0.135. The molecule has 3 aromatic rings. The van der Waals surface area contributed by atoms with E-state index in [0.29, 0.717) is 5.56 Å². The summed E-state index contributed by atoms with van der Waals surface area (Å²) in [6.07, 6.45) is 0. The predicted octanol–water partition coefficient (Wildman–Crippen LogP) is 3.09. The van der Waals surface area contributed by atoms with Gasteiger partial charge in [-0.3, -0.25) is 4.79 Å². The van der Waals surface area contributed by atoms with Crippen LogP contribution in [0.2, 0.25) is 0 Å². The summed E-state index contributed by atoms with van der Waals surface area (Å²) in [6, 6.07) is 13.4. The molecule has 2 aromatic carbocycles. The molecule has 1 saturated heterocycles. The molecule has 0 atom stereocenters. The number of carbonyl (C=O) groups excluding carboxylic acids is 1. The number of benzene rings is 2. The molecular weight excluding hydrogens is 346 g/mol. The van der Waals surface area contributed by atoms with Gasteiger partial charge in [0, 0.05) is 43.1 Å². The van der Waals surface area contributed by atoms with Gasteiger partial charge >= 0.3 is 0 Å². The molecule has 134 valence electrons. The van der Waals surface area contributed by atoms with Crippen molar-refractivity contribution >= 4 is 40.0 Å². The smallest absolute Gasteiger partial charge is 0.255 e. The lowest BCUT2D eigenvalue weighted by atomic mass is 10.1. The topological polar surface area (TPSA) is 61.4 Å². The number of piperazine rings is 1. The quantitative estimate of drug-likeness (QED) is 0.768. The van der Waals surface area contributed by atoms with Crippen molar-refractivity contribution in [2.45, 2.75) is 6.92 Å². The van der Waals surface area contributed by atoms with Crippen molar-refractivity contribution in [1.82, 2.24) is 13.6 Å². The molecule has 0 spiro atoms. The first-order chi connectivity index (χ1) is 12.7. The number of anilines is 2. The monoisotopic (exact) mass is 367 g/mol. The Kier molecular flexibility index (Phi) is 4.81. The molecule has 1 fully saturated rings. The molecule has 1 aromatic heterocycles. The zero-order valence-corrected chi connectivity index (χ0v) is 15.5. The fourth-order valence-electron chi connectivity index (χ4n) is 3.20. The molecule has 0 bridgehead atoms. The number of hydrogen-bond donors (Lipinski definition) is 1. The van der Waals surface area contributed by atoms with Gasteiger partial charge in [0.2, 0.25) is 0 Å². The Bertz CT molecular complexity index is 900. The number of nitrogens with zero attached hydrogens (tertiary/aromatic N) is 4. The van der Waals surface area contributed by atoms with Crippen LogP contribution >= 0.6 is 11.7 Å². The molecule has 2 heterocycles. The highest BCUT2D eigenvalue weighted by Crippen LogP contribution is 2.20. The van der Waals surface area contributed by atoms with Crippen molar-refractivity contribution in [3.63, 3.8) is 0 Å². The lowest BCUT2D eigenvalue weighted by molar-refractivity contribution is 0.102. The van der Waals surface area contributed by atoms with E-state index in [4.69, 9.17) is 0 Å². The SMILES string of the molecule is CCN1CCN(c2ccc(NC(=O)c3ccc4nsnc4c3)cc2)CC1. The standard InChI is InChI=1S/C19H21N5OS/c1-2-23-9-11-24(12-10-23)16-6-4-15(5-7-16)20-19(25)14-3-8-17-18(13-14)22-26-21-17/h3-8,13H,2,9-12H2,1H3,(H,20,25). The van der Waals surface area contributed by atoms with E-state index in [-0.39, 0.29) is 5.91 Å². The van der Waals surface area contributed by atoms with Crippen LogP contribution in [0.4, 0.5) is 11.4 Å². The van der Waals surface area contributed by atoms with Crippen molar-refractivity contribution in [2.24, 2.45) is 0 Å². The summed E-state index contributed by atoms with van der Waals surface area (Å²) in [6.45, 7) is 7.60. The Labute approximate surface area is 156 Å². The highest BCUT2D eigenvalue weighted by atomic mass is 32.1. The van der Waals surface area contributed by atoms with Crippen LogP contribution in [0.1, 0.15) is 17.3 Å². The van der Waals surface area contributed by atoms with Gasteiger partial charge in [0.15, 0.2) is 0 Å². The third-order valence-electron chi connectivity index (χ3n) is 4.83. The van der Waals surface area contributed by atoms with Gasteiger partial charge < -0.3 is 15.1 Å². The van der Waals surface area contributed by atoms with Crippen LogP contribution in [0.15, 0.2) is 42.5 Å². The zero-order chi connectivity index (χ0) is 17.9. The first-order valence-corrected chi connectivity index (χ1v) is 9.57. The normalized spacial score (nSPS) is 15.3. The van der Waals surface area contributed by atoms with Crippen LogP contribution in [0.3, 0.4) is 0 Å².